The van der Waals surface area contributed by atoms with Gasteiger partial charge >= 0.3 is 12.0 Å². The Morgan fingerprint density at radius 1 is 1.15 bits per heavy atom. The maximum absolute atomic E-state index is 12.0. The van der Waals surface area contributed by atoms with Gasteiger partial charge in [0, 0.05) is 48.9 Å². The van der Waals surface area contributed by atoms with Crippen molar-refractivity contribution in [2.24, 2.45) is 4.99 Å². The number of hydrogen-bond donors (Lipinski definition) is 3. The van der Waals surface area contributed by atoms with Gasteiger partial charge in [-0.1, -0.05) is 42.1 Å². The maximum Gasteiger partial charge on any atom is 0.337 e. The molecule has 2 heterocycles. The molecular weight excluding hydrogens is 438 g/mol. The summed E-state index contributed by atoms with van der Waals surface area (Å²) in [6.07, 6.45) is 6.40. The summed E-state index contributed by atoms with van der Waals surface area (Å²) in [5.74, 6) is -0.728. The average molecular weight is 462 g/mol. The molecule has 0 spiro atoms. The summed E-state index contributed by atoms with van der Waals surface area (Å²) >= 11 is 1.40. The zero-order valence-electron chi connectivity index (χ0n) is 18.1. The minimum Gasteiger partial charge on any atom is -0.478 e. The van der Waals surface area contributed by atoms with Crippen LogP contribution in [0.4, 0.5) is 10.6 Å². The van der Waals surface area contributed by atoms with Crippen molar-refractivity contribution in [1.29, 1.82) is 0 Å². The van der Waals surface area contributed by atoms with E-state index in [-0.39, 0.29) is 11.6 Å². The fraction of sp³-hybridized carbons (Fsp3) is 0.125. The van der Waals surface area contributed by atoms with Crippen LogP contribution in [0, 0.1) is 0 Å². The first-order chi connectivity index (χ1) is 16.0. The Labute approximate surface area is 195 Å². The summed E-state index contributed by atoms with van der Waals surface area (Å²) in [5.41, 5.74) is 3.03. The molecule has 0 saturated heterocycles. The summed E-state index contributed by atoms with van der Waals surface area (Å²) in [6, 6.07) is 12.7. The van der Waals surface area contributed by atoms with Gasteiger partial charge in [-0.2, -0.15) is 0 Å². The van der Waals surface area contributed by atoms with E-state index in [2.05, 4.69) is 25.6 Å². The summed E-state index contributed by atoms with van der Waals surface area (Å²) in [5, 5.41) is 17.3. The van der Waals surface area contributed by atoms with E-state index >= 15 is 0 Å². The lowest BCUT2D eigenvalue weighted by molar-refractivity contribution is 0.0696. The quantitative estimate of drug-likeness (QED) is 0.345. The molecule has 0 fully saturated rings. The van der Waals surface area contributed by atoms with Gasteiger partial charge in [0.2, 0.25) is 0 Å². The molecule has 9 heteroatoms. The molecule has 2 amide bonds. The smallest absolute Gasteiger partial charge is 0.337 e. The summed E-state index contributed by atoms with van der Waals surface area (Å²) in [7, 11) is 1.67. The van der Waals surface area contributed by atoms with Gasteiger partial charge in [-0.15, -0.1) is 0 Å². The van der Waals surface area contributed by atoms with Gasteiger partial charge in [0.05, 0.1) is 5.56 Å². The fourth-order valence-corrected chi connectivity index (χ4v) is 3.69. The molecule has 3 N–H and O–H groups in total. The number of hydrogen-bond acceptors (Lipinski definition) is 6. The first-order valence-corrected chi connectivity index (χ1v) is 11.0. The van der Waals surface area contributed by atoms with Gasteiger partial charge < -0.3 is 10.4 Å². The molecule has 3 aromatic rings. The zero-order valence-corrected chi connectivity index (χ0v) is 19.0. The molecule has 8 nitrogen and oxygen atoms in total. The number of urea groups is 1. The Morgan fingerprint density at radius 2 is 1.94 bits per heavy atom. The highest BCUT2D eigenvalue weighted by molar-refractivity contribution is 8.17. The van der Waals surface area contributed by atoms with Gasteiger partial charge in [-0.05, 0) is 36.1 Å². The number of nitrogens with zero attached hydrogens (tertiary/aromatic N) is 3. The number of thioether (sulfide) groups is 1. The van der Waals surface area contributed by atoms with Crippen molar-refractivity contribution in [2.45, 2.75) is 6.92 Å². The van der Waals surface area contributed by atoms with E-state index in [1.165, 1.54) is 24.0 Å². The van der Waals surface area contributed by atoms with Crippen LogP contribution in [0.2, 0.25) is 0 Å². The Bertz CT molecular complexity index is 1200. The number of aromatic carboxylic acids is 1. The number of amides is 2. The molecular formula is C24H23N5O3S. The van der Waals surface area contributed by atoms with Crippen LogP contribution in [-0.4, -0.2) is 45.7 Å². The van der Waals surface area contributed by atoms with Crippen molar-refractivity contribution < 1.29 is 14.7 Å². The number of carbonyl (C=O) groups excluding carboxylic acids is 1. The Hall–Kier alpha value is -3.98. The third-order valence-corrected chi connectivity index (χ3v) is 5.35. The van der Waals surface area contributed by atoms with Crippen LogP contribution in [-0.2, 0) is 0 Å². The van der Waals surface area contributed by atoms with Crippen molar-refractivity contribution in [3.8, 4) is 11.1 Å². The molecule has 33 heavy (non-hydrogen) atoms. The van der Waals surface area contributed by atoms with Gasteiger partial charge in [0.1, 0.15) is 10.9 Å². The number of rotatable bonds is 7. The molecule has 2 aromatic heterocycles. The molecule has 0 aliphatic carbocycles. The molecule has 168 valence electrons. The summed E-state index contributed by atoms with van der Waals surface area (Å²) < 4.78 is 0. The number of carbonyl (C=O) groups is 2. The second kappa shape index (κ2) is 11.6. The Kier molecular flexibility index (Phi) is 8.31. The van der Waals surface area contributed by atoms with E-state index in [0.29, 0.717) is 34.1 Å². The predicted octanol–water partition coefficient (Wildman–Crippen LogP) is 4.76. The van der Waals surface area contributed by atoms with Gasteiger partial charge in [0.15, 0.2) is 0 Å². The minimum absolute atomic E-state index is 0.0644. The van der Waals surface area contributed by atoms with Crippen molar-refractivity contribution in [3.05, 3.63) is 83.2 Å². The van der Waals surface area contributed by atoms with E-state index in [1.807, 2.05) is 48.7 Å². The van der Waals surface area contributed by atoms with E-state index in [4.69, 9.17) is 0 Å². The zero-order chi connectivity index (χ0) is 23.6. The highest BCUT2D eigenvalue weighted by Crippen LogP contribution is 2.29. The lowest BCUT2D eigenvalue weighted by Gasteiger charge is -2.13. The number of pyridine rings is 2. The fourth-order valence-electron chi connectivity index (χ4n) is 2.93. The third-order valence-electron chi connectivity index (χ3n) is 4.45. The lowest BCUT2D eigenvalue weighted by atomic mass is 10.0. The van der Waals surface area contributed by atoms with Crippen molar-refractivity contribution in [2.75, 3.05) is 18.9 Å². The van der Waals surface area contributed by atoms with E-state index in [0.717, 1.165) is 5.56 Å². The standard InChI is InChI=1S/C24H23N5O3S/c1-3-27-24(32)29-21-12-19(22(25-2)33-10-9-16-7-5-4-6-8-16)20(15-28-21)17-11-18(23(30)31)14-26-13-17/h4-15H,3H2,1-2H3,(H,30,31)(H2,27,28,29,32)/b10-9+,25-22?. The highest BCUT2D eigenvalue weighted by Gasteiger charge is 2.16. The number of nitrogens with one attached hydrogen (secondary N) is 2. The molecule has 0 aliphatic rings. The SMILES string of the molecule is CCNC(=O)Nc1cc(C(=NC)S/C=C/c2ccccc2)c(-c2cncc(C(=O)O)c2)cn1. The summed E-state index contributed by atoms with van der Waals surface area (Å²) in [6.45, 7) is 2.30. The Balaban J connectivity index is 2.00. The van der Waals surface area contributed by atoms with E-state index in [9.17, 15) is 14.7 Å². The van der Waals surface area contributed by atoms with Gasteiger partial charge in [-0.3, -0.25) is 15.3 Å². The molecule has 0 saturated carbocycles. The van der Waals surface area contributed by atoms with Crippen molar-refractivity contribution in [1.82, 2.24) is 15.3 Å². The van der Waals surface area contributed by atoms with E-state index in [1.54, 1.807) is 25.5 Å². The van der Waals surface area contributed by atoms with Crippen LogP contribution in [0.5, 0.6) is 0 Å². The average Bonchev–Trinajstić information content (AvgIpc) is 2.83. The van der Waals surface area contributed by atoms with E-state index < -0.39 is 5.97 Å². The van der Waals surface area contributed by atoms with Crippen LogP contribution < -0.4 is 10.6 Å². The normalized spacial score (nSPS) is 11.4. The third kappa shape index (κ3) is 6.50. The molecule has 1 aromatic carbocycles. The summed E-state index contributed by atoms with van der Waals surface area (Å²) in [4.78, 5) is 36.2. The minimum atomic E-state index is -1.07. The number of anilines is 1. The molecule has 0 unspecified atom stereocenters. The first-order valence-electron chi connectivity index (χ1n) is 10.1. The van der Waals surface area contributed by atoms with Gasteiger partial charge in [0.25, 0.3) is 0 Å². The number of carboxylic acid groups (broad SMARTS) is 1. The molecule has 0 radical (unpaired) electrons. The van der Waals surface area contributed by atoms with Crippen LogP contribution in [0.15, 0.2) is 71.5 Å². The van der Waals surface area contributed by atoms with Crippen LogP contribution in [0.25, 0.3) is 17.2 Å². The topological polar surface area (TPSA) is 117 Å². The number of aromatic nitrogens is 2. The predicted molar refractivity (Wildman–Crippen MR) is 133 cm³/mol. The largest absolute Gasteiger partial charge is 0.478 e. The van der Waals surface area contributed by atoms with Crippen molar-refractivity contribution >= 4 is 40.7 Å². The van der Waals surface area contributed by atoms with Gasteiger partial charge in [-0.25, -0.2) is 14.6 Å². The molecule has 0 bridgehead atoms. The number of benzene rings is 1. The molecule has 0 aliphatic heterocycles. The van der Waals surface area contributed by atoms with Crippen LogP contribution in [0.1, 0.15) is 28.4 Å². The van der Waals surface area contributed by atoms with Crippen molar-refractivity contribution in [3.63, 3.8) is 0 Å². The molecule has 0 atom stereocenters. The monoisotopic (exact) mass is 461 g/mol. The highest BCUT2D eigenvalue weighted by atomic mass is 32.2. The second-order valence-corrected chi connectivity index (χ2v) is 7.62. The second-order valence-electron chi connectivity index (χ2n) is 6.73. The first kappa shape index (κ1) is 23.7. The number of aliphatic imine (C=N–C) groups is 1. The molecule has 3 rings (SSSR count). The lowest BCUT2D eigenvalue weighted by Crippen LogP contribution is -2.28. The maximum atomic E-state index is 12.0. The van der Waals surface area contributed by atoms with Crippen LogP contribution >= 0.6 is 11.8 Å². The van der Waals surface area contributed by atoms with Crippen LogP contribution in [0.3, 0.4) is 0 Å². The Morgan fingerprint density at radius 3 is 2.64 bits per heavy atom. The number of carboxylic acids is 1.